The third-order valence-corrected chi connectivity index (χ3v) is 6.74. The van der Waals surface area contributed by atoms with Crippen LogP contribution in [0.1, 0.15) is 22.3 Å². The topological polar surface area (TPSA) is 94.6 Å². The molecule has 0 spiro atoms. The van der Waals surface area contributed by atoms with Gasteiger partial charge < -0.3 is 10.5 Å². The first-order valence-electron chi connectivity index (χ1n) is 9.72. The summed E-state index contributed by atoms with van der Waals surface area (Å²) in [5.41, 5.74) is 7.10. The van der Waals surface area contributed by atoms with Gasteiger partial charge in [0, 0.05) is 36.1 Å². The van der Waals surface area contributed by atoms with Crippen molar-refractivity contribution in [3.8, 4) is 0 Å². The Balaban J connectivity index is 1.57. The Labute approximate surface area is 176 Å². The van der Waals surface area contributed by atoms with Crippen molar-refractivity contribution in [1.82, 2.24) is 8.87 Å². The van der Waals surface area contributed by atoms with E-state index in [9.17, 15) is 13.8 Å². The van der Waals surface area contributed by atoms with E-state index in [0.717, 1.165) is 12.0 Å². The highest BCUT2D eigenvalue weighted by molar-refractivity contribution is 7.83. The first-order valence-corrected chi connectivity index (χ1v) is 10.8. The van der Waals surface area contributed by atoms with Gasteiger partial charge in [0.05, 0.1) is 10.5 Å². The van der Waals surface area contributed by atoms with Gasteiger partial charge in [-0.25, -0.2) is 13.3 Å². The summed E-state index contributed by atoms with van der Waals surface area (Å²) in [6, 6.07) is 14.0. The molecule has 1 aromatic heterocycles. The van der Waals surface area contributed by atoms with Crippen molar-refractivity contribution in [2.24, 2.45) is 5.73 Å². The number of ether oxygens (including phenoxy) is 1. The van der Waals surface area contributed by atoms with E-state index in [1.807, 2.05) is 23.4 Å². The van der Waals surface area contributed by atoms with Crippen LogP contribution in [0.2, 0.25) is 0 Å². The molecule has 0 radical (unpaired) electrons. The minimum atomic E-state index is -1.39. The number of hydrogen-bond acceptors (Lipinski definition) is 5. The van der Waals surface area contributed by atoms with E-state index in [1.165, 1.54) is 4.57 Å². The van der Waals surface area contributed by atoms with Gasteiger partial charge in [-0.2, -0.15) is 0 Å². The number of nitrogens with zero attached hydrogens (tertiary/aromatic N) is 2. The number of aromatic nitrogens is 1. The predicted molar refractivity (Wildman–Crippen MR) is 115 cm³/mol. The maximum absolute atomic E-state index is 13.0. The van der Waals surface area contributed by atoms with Gasteiger partial charge in [0.2, 0.25) is 0 Å². The molecular weight excluding hydrogens is 402 g/mol. The van der Waals surface area contributed by atoms with Crippen LogP contribution in [0.4, 0.5) is 0 Å². The smallest absolute Gasteiger partial charge is 0.339 e. The summed E-state index contributed by atoms with van der Waals surface area (Å²) < 4.78 is 21.5. The molecular formula is C22H23N3O4S. The standard InChI is InChI=1S/C22H23N3O4S/c1-15-5-7-16(8-6-15)22(27)29-14-24-11-10-18-19(21(24)26)3-2-4-20(18)30(28)25-12-9-17(23)13-25/h2-8,10-11,17H,9,12-14,23H2,1H3. The van der Waals surface area contributed by atoms with E-state index in [0.29, 0.717) is 34.3 Å². The van der Waals surface area contributed by atoms with Gasteiger partial charge in [-0.05, 0) is 43.7 Å². The number of carbonyl (C=O) groups excluding carboxylic acids is 1. The van der Waals surface area contributed by atoms with Crippen molar-refractivity contribution in [2.45, 2.75) is 31.0 Å². The average Bonchev–Trinajstić information content (AvgIpc) is 3.19. The van der Waals surface area contributed by atoms with Crippen LogP contribution in [-0.4, -0.2) is 38.2 Å². The lowest BCUT2D eigenvalue weighted by molar-refractivity contribution is 0.0367. The van der Waals surface area contributed by atoms with E-state index < -0.39 is 17.0 Å². The Bertz CT molecular complexity index is 1170. The monoisotopic (exact) mass is 425 g/mol. The molecule has 8 heteroatoms. The Morgan fingerprint density at radius 1 is 1.17 bits per heavy atom. The number of hydrogen-bond donors (Lipinski definition) is 1. The lowest BCUT2D eigenvalue weighted by Crippen LogP contribution is -2.28. The van der Waals surface area contributed by atoms with Crippen LogP contribution < -0.4 is 11.3 Å². The normalized spacial score (nSPS) is 17.9. The molecule has 3 aromatic rings. The van der Waals surface area contributed by atoms with Crippen LogP contribution in [0.25, 0.3) is 10.8 Å². The fourth-order valence-corrected chi connectivity index (χ4v) is 4.93. The van der Waals surface area contributed by atoms with E-state index in [-0.39, 0.29) is 18.3 Å². The lowest BCUT2D eigenvalue weighted by Gasteiger charge is -2.16. The molecule has 0 amide bonds. The number of rotatable bonds is 5. The maximum atomic E-state index is 13.0. The summed E-state index contributed by atoms with van der Waals surface area (Å²) >= 11 is 0. The van der Waals surface area contributed by atoms with Crippen molar-refractivity contribution in [3.05, 3.63) is 76.2 Å². The minimum Gasteiger partial charge on any atom is -0.440 e. The molecule has 1 aliphatic heterocycles. The molecule has 1 saturated heterocycles. The SMILES string of the molecule is Cc1ccc(C(=O)OCn2ccc3c(S(=O)N4CCC(N)C4)cccc3c2=O)cc1. The predicted octanol–water partition coefficient (Wildman–Crippen LogP) is 2.18. The number of pyridine rings is 1. The second-order valence-electron chi connectivity index (χ2n) is 7.42. The van der Waals surface area contributed by atoms with Crippen molar-refractivity contribution >= 4 is 27.7 Å². The third kappa shape index (κ3) is 4.07. The van der Waals surface area contributed by atoms with Crippen LogP contribution >= 0.6 is 0 Å². The molecule has 2 N–H and O–H groups in total. The van der Waals surface area contributed by atoms with Gasteiger partial charge in [-0.1, -0.05) is 23.8 Å². The molecule has 4 rings (SSSR count). The summed E-state index contributed by atoms with van der Waals surface area (Å²) in [5, 5.41) is 1.06. The molecule has 156 valence electrons. The molecule has 0 aliphatic carbocycles. The van der Waals surface area contributed by atoms with Crippen LogP contribution in [0.15, 0.2) is 64.4 Å². The minimum absolute atomic E-state index is 0.0179. The summed E-state index contributed by atoms with van der Waals surface area (Å²) in [7, 11) is -1.39. The Morgan fingerprint density at radius 2 is 1.93 bits per heavy atom. The van der Waals surface area contributed by atoms with Crippen molar-refractivity contribution in [2.75, 3.05) is 13.1 Å². The van der Waals surface area contributed by atoms with Crippen molar-refractivity contribution < 1.29 is 13.7 Å². The van der Waals surface area contributed by atoms with Crippen molar-refractivity contribution in [1.29, 1.82) is 0 Å². The van der Waals surface area contributed by atoms with Crippen LogP contribution in [0.5, 0.6) is 0 Å². The second kappa shape index (κ2) is 8.51. The highest BCUT2D eigenvalue weighted by Gasteiger charge is 2.26. The molecule has 0 saturated carbocycles. The maximum Gasteiger partial charge on any atom is 0.339 e. The quantitative estimate of drug-likeness (QED) is 0.633. The molecule has 2 aromatic carbocycles. The second-order valence-corrected chi connectivity index (χ2v) is 8.88. The molecule has 2 heterocycles. The molecule has 30 heavy (non-hydrogen) atoms. The molecule has 1 aliphatic rings. The summed E-state index contributed by atoms with van der Waals surface area (Å²) in [5.74, 6) is -0.498. The summed E-state index contributed by atoms with van der Waals surface area (Å²) in [6.45, 7) is 2.96. The van der Waals surface area contributed by atoms with E-state index >= 15 is 0 Å². The summed E-state index contributed by atoms with van der Waals surface area (Å²) in [6.07, 6.45) is 2.36. The Hall–Kier alpha value is -2.81. The molecule has 2 unspecified atom stereocenters. The van der Waals surface area contributed by atoms with Crippen LogP contribution in [0.3, 0.4) is 0 Å². The van der Waals surface area contributed by atoms with Gasteiger partial charge in [-0.15, -0.1) is 0 Å². The molecule has 7 nitrogen and oxygen atoms in total. The van der Waals surface area contributed by atoms with Gasteiger partial charge in [0.1, 0.15) is 11.0 Å². The zero-order chi connectivity index (χ0) is 21.3. The first-order chi connectivity index (χ1) is 14.4. The number of carbonyl (C=O) groups is 1. The number of nitrogens with two attached hydrogens (primary N) is 1. The zero-order valence-corrected chi connectivity index (χ0v) is 17.4. The highest BCUT2D eigenvalue weighted by Crippen LogP contribution is 2.23. The van der Waals surface area contributed by atoms with Gasteiger partial charge >= 0.3 is 5.97 Å². The molecule has 1 fully saturated rings. The van der Waals surface area contributed by atoms with E-state index in [2.05, 4.69) is 0 Å². The van der Waals surface area contributed by atoms with Crippen LogP contribution in [0, 0.1) is 6.92 Å². The Morgan fingerprint density at radius 3 is 2.63 bits per heavy atom. The van der Waals surface area contributed by atoms with Gasteiger partial charge in [0.25, 0.3) is 5.56 Å². The fraction of sp³-hybridized carbons (Fsp3) is 0.273. The number of fused-ring (bicyclic) bond motifs is 1. The first kappa shape index (κ1) is 20.5. The van der Waals surface area contributed by atoms with Crippen molar-refractivity contribution in [3.63, 3.8) is 0 Å². The molecule has 0 bridgehead atoms. The number of benzene rings is 2. The van der Waals surface area contributed by atoms with E-state index in [1.54, 1.807) is 42.6 Å². The lowest BCUT2D eigenvalue weighted by atomic mass is 10.1. The van der Waals surface area contributed by atoms with Crippen LogP contribution in [-0.2, 0) is 22.5 Å². The summed E-state index contributed by atoms with van der Waals surface area (Å²) in [4.78, 5) is 25.7. The largest absolute Gasteiger partial charge is 0.440 e. The van der Waals surface area contributed by atoms with Gasteiger partial charge in [0.15, 0.2) is 6.73 Å². The number of aryl methyl sites for hydroxylation is 1. The average molecular weight is 426 g/mol. The highest BCUT2D eigenvalue weighted by atomic mass is 32.2. The Kier molecular flexibility index (Phi) is 5.80. The fourth-order valence-electron chi connectivity index (χ4n) is 3.49. The van der Waals surface area contributed by atoms with E-state index in [4.69, 9.17) is 10.5 Å². The third-order valence-electron chi connectivity index (χ3n) is 5.21. The van der Waals surface area contributed by atoms with Gasteiger partial charge in [-0.3, -0.25) is 9.36 Å². The molecule has 2 atom stereocenters. The number of esters is 1. The zero-order valence-electron chi connectivity index (χ0n) is 16.6.